The predicted octanol–water partition coefficient (Wildman–Crippen LogP) is 2.43. The van der Waals surface area contributed by atoms with Crippen molar-refractivity contribution in [1.82, 2.24) is 10.7 Å². The largest absolute Gasteiger partial charge is 0.417 e. The van der Waals surface area contributed by atoms with Crippen LogP contribution in [0.1, 0.15) is 43.4 Å². The van der Waals surface area contributed by atoms with E-state index in [2.05, 4.69) is 39.6 Å². The van der Waals surface area contributed by atoms with Crippen LogP contribution in [0.3, 0.4) is 0 Å². The van der Waals surface area contributed by atoms with Gasteiger partial charge in [0.25, 0.3) is 0 Å². The SMILES string of the molecule is C[NH+]1N=C(c2ccccc2-c2ccc(CN3C(=O)[C@H](NC(=O)CC(C)(C)N)CCc4ccccc43)cc2)N[N-]1. The van der Waals surface area contributed by atoms with Crippen molar-refractivity contribution in [2.24, 2.45) is 10.8 Å². The standard InChI is InChI=1S/C30H35N7O2/c1-30(2,31)18-27(38)32-25-17-16-22-8-4-7-11-26(22)37(29(25)39)19-20-12-14-21(15-13-20)23-9-5-6-10-24(23)28-33-35-36(3)34-28/h4-15,25,36H,16-19,31H2,1-3H3,(H,32,38)(H,33,34)/t25-/m1/s1. The Morgan fingerprint density at radius 3 is 2.49 bits per heavy atom. The van der Waals surface area contributed by atoms with E-state index in [-0.39, 0.29) is 18.2 Å². The third-order valence-electron chi connectivity index (χ3n) is 6.89. The summed E-state index contributed by atoms with van der Waals surface area (Å²) < 4.78 is 0. The van der Waals surface area contributed by atoms with Gasteiger partial charge >= 0.3 is 0 Å². The Morgan fingerprint density at radius 1 is 1.10 bits per heavy atom. The second-order valence-corrected chi connectivity index (χ2v) is 10.9. The Labute approximate surface area is 229 Å². The summed E-state index contributed by atoms with van der Waals surface area (Å²) in [5.74, 6) is 0.403. The van der Waals surface area contributed by atoms with Crippen LogP contribution in [0.25, 0.3) is 16.7 Å². The maximum atomic E-state index is 13.8. The molecule has 3 aromatic carbocycles. The van der Waals surface area contributed by atoms with Crippen LogP contribution in [0.4, 0.5) is 5.69 Å². The van der Waals surface area contributed by atoms with E-state index in [0.29, 0.717) is 24.5 Å². The van der Waals surface area contributed by atoms with Crippen molar-refractivity contribution < 1.29 is 14.7 Å². The normalized spacial score (nSPS) is 19.1. The second-order valence-electron chi connectivity index (χ2n) is 10.9. The Hall–Kier alpha value is -4.05. The van der Waals surface area contributed by atoms with Crippen molar-refractivity contribution in [1.29, 1.82) is 0 Å². The number of nitrogens with one attached hydrogen (secondary N) is 3. The van der Waals surface area contributed by atoms with Gasteiger partial charge in [-0.25, -0.2) is 0 Å². The molecular formula is C30H35N7O2. The van der Waals surface area contributed by atoms with Crippen molar-refractivity contribution >= 4 is 23.3 Å². The minimum absolute atomic E-state index is 0.113. The van der Waals surface area contributed by atoms with E-state index in [0.717, 1.165) is 39.3 Å². The van der Waals surface area contributed by atoms with Crippen LogP contribution in [0.5, 0.6) is 0 Å². The van der Waals surface area contributed by atoms with Crippen LogP contribution in [0.15, 0.2) is 77.9 Å². The van der Waals surface area contributed by atoms with Gasteiger partial charge in [0.1, 0.15) is 6.04 Å². The van der Waals surface area contributed by atoms with Gasteiger partial charge in [-0.15, -0.1) is 0 Å². The molecule has 0 fully saturated rings. The van der Waals surface area contributed by atoms with Gasteiger partial charge in [-0.2, -0.15) is 0 Å². The maximum absolute atomic E-state index is 13.8. The average Bonchev–Trinajstić information content (AvgIpc) is 3.30. The number of carbonyl (C=O) groups is 2. The molecule has 202 valence electrons. The Bertz CT molecular complexity index is 1390. The van der Waals surface area contributed by atoms with Gasteiger partial charge in [-0.3, -0.25) is 14.7 Å². The molecule has 9 heteroatoms. The molecule has 0 aliphatic carbocycles. The van der Waals surface area contributed by atoms with Crippen molar-refractivity contribution in [2.45, 2.75) is 51.2 Å². The third kappa shape index (κ3) is 6.17. The summed E-state index contributed by atoms with van der Waals surface area (Å²) in [6.45, 7) is 4.00. The lowest BCUT2D eigenvalue weighted by Gasteiger charge is -2.27. The van der Waals surface area contributed by atoms with Gasteiger partial charge in [0.05, 0.1) is 13.6 Å². The predicted molar refractivity (Wildman–Crippen MR) is 153 cm³/mol. The molecular weight excluding hydrogens is 490 g/mol. The fourth-order valence-corrected chi connectivity index (χ4v) is 5.05. The molecule has 0 radical (unpaired) electrons. The number of benzene rings is 3. The smallest absolute Gasteiger partial charge is 0.249 e. The van der Waals surface area contributed by atoms with E-state index < -0.39 is 11.6 Å². The van der Waals surface area contributed by atoms with Crippen molar-refractivity contribution in [3.05, 3.63) is 95.0 Å². The number of para-hydroxylation sites is 1. The highest BCUT2D eigenvalue weighted by Gasteiger charge is 2.32. The molecule has 0 aromatic heterocycles. The molecule has 5 N–H and O–H groups in total. The van der Waals surface area contributed by atoms with Crippen LogP contribution in [0, 0.1) is 0 Å². The van der Waals surface area contributed by atoms with Crippen molar-refractivity contribution in [3.8, 4) is 11.1 Å². The van der Waals surface area contributed by atoms with Gasteiger partial charge in [0.2, 0.25) is 11.8 Å². The summed E-state index contributed by atoms with van der Waals surface area (Å²) in [4.78, 5) is 28.2. The van der Waals surface area contributed by atoms with Crippen LogP contribution in [-0.2, 0) is 22.6 Å². The van der Waals surface area contributed by atoms with Crippen LogP contribution < -0.4 is 26.5 Å². The van der Waals surface area contributed by atoms with Crippen LogP contribution in [-0.4, -0.2) is 36.3 Å². The lowest BCUT2D eigenvalue weighted by Crippen LogP contribution is -2.98. The van der Waals surface area contributed by atoms with Gasteiger partial charge < -0.3 is 26.9 Å². The van der Waals surface area contributed by atoms with E-state index >= 15 is 0 Å². The zero-order valence-corrected chi connectivity index (χ0v) is 22.6. The third-order valence-corrected chi connectivity index (χ3v) is 6.89. The summed E-state index contributed by atoms with van der Waals surface area (Å²) in [6, 6.07) is 23.6. The zero-order chi connectivity index (χ0) is 27.6. The molecule has 2 aliphatic heterocycles. The molecule has 0 bridgehead atoms. The van der Waals surface area contributed by atoms with E-state index in [1.54, 1.807) is 18.7 Å². The molecule has 2 heterocycles. The summed E-state index contributed by atoms with van der Waals surface area (Å²) in [7, 11) is 1.86. The van der Waals surface area contributed by atoms with E-state index in [1.807, 2.05) is 61.6 Å². The Morgan fingerprint density at radius 2 is 1.79 bits per heavy atom. The second kappa shape index (κ2) is 11.0. The van der Waals surface area contributed by atoms with Gasteiger partial charge in [0.15, 0.2) is 5.84 Å². The van der Waals surface area contributed by atoms with E-state index in [1.165, 1.54) is 0 Å². The van der Waals surface area contributed by atoms with Gasteiger partial charge in [0, 0.05) is 23.2 Å². The van der Waals surface area contributed by atoms with Crippen molar-refractivity contribution in [2.75, 3.05) is 11.9 Å². The highest BCUT2D eigenvalue weighted by molar-refractivity contribution is 6.05. The van der Waals surface area contributed by atoms with Crippen LogP contribution >= 0.6 is 0 Å². The number of hydrogen-bond donors (Lipinski definition) is 4. The number of quaternary nitrogens is 1. The number of fused-ring (bicyclic) bond motifs is 1. The summed E-state index contributed by atoms with van der Waals surface area (Å²) in [6.07, 6.45) is 1.40. The monoisotopic (exact) mass is 525 g/mol. The number of nitrogens with two attached hydrogens (primary N) is 1. The molecule has 39 heavy (non-hydrogen) atoms. The number of amides is 2. The summed E-state index contributed by atoms with van der Waals surface area (Å²) in [5, 5.41) is 8.14. The van der Waals surface area contributed by atoms with E-state index in [4.69, 9.17) is 5.73 Å². The van der Waals surface area contributed by atoms with E-state index in [9.17, 15) is 9.59 Å². The molecule has 5 rings (SSSR count). The number of nitrogens with zero attached hydrogens (tertiary/aromatic N) is 3. The molecule has 0 spiro atoms. The number of hydrogen-bond acceptors (Lipinski definition) is 5. The Balaban J connectivity index is 1.39. The lowest BCUT2D eigenvalue weighted by atomic mass is 9.98. The quantitative estimate of drug-likeness (QED) is 0.379. The minimum atomic E-state index is -0.646. The zero-order valence-electron chi connectivity index (χ0n) is 22.6. The molecule has 1 unspecified atom stereocenters. The summed E-state index contributed by atoms with van der Waals surface area (Å²) >= 11 is 0. The first-order valence-electron chi connectivity index (χ1n) is 13.2. The fourth-order valence-electron chi connectivity index (χ4n) is 5.05. The summed E-state index contributed by atoms with van der Waals surface area (Å²) in [5.41, 5.74) is 18.6. The highest BCUT2D eigenvalue weighted by Crippen LogP contribution is 2.30. The molecule has 2 atom stereocenters. The first-order chi connectivity index (χ1) is 18.7. The van der Waals surface area contributed by atoms with Gasteiger partial charge in [-0.1, -0.05) is 71.8 Å². The topological polar surface area (TPSA) is 118 Å². The number of rotatable bonds is 7. The molecule has 3 aromatic rings. The van der Waals surface area contributed by atoms with Crippen LogP contribution in [0.2, 0.25) is 0 Å². The number of aryl methyl sites for hydroxylation is 1. The highest BCUT2D eigenvalue weighted by atomic mass is 16.2. The molecule has 0 saturated heterocycles. The molecule has 2 aliphatic rings. The number of carbonyl (C=O) groups excluding carboxylic acids is 2. The fraction of sp³-hybridized carbons (Fsp3) is 0.300. The first-order valence-corrected chi connectivity index (χ1v) is 13.2. The molecule has 0 saturated carbocycles. The van der Waals surface area contributed by atoms with Gasteiger partial charge in [-0.05, 0) is 55.0 Å². The number of anilines is 1. The Kier molecular flexibility index (Phi) is 7.47. The molecule has 2 amide bonds. The molecule has 9 nitrogen and oxygen atoms in total. The first kappa shape index (κ1) is 26.6. The minimum Gasteiger partial charge on any atom is -0.417 e. The average molecular weight is 526 g/mol. The van der Waals surface area contributed by atoms with Crippen molar-refractivity contribution in [3.63, 3.8) is 0 Å². The number of amidine groups is 1. The lowest BCUT2D eigenvalue weighted by molar-refractivity contribution is -0.845. The maximum Gasteiger partial charge on any atom is 0.249 e.